The van der Waals surface area contributed by atoms with Gasteiger partial charge in [-0.1, -0.05) is 335 Å². The van der Waals surface area contributed by atoms with Crippen molar-refractivity contribution < 1.29 is 37.6 Å². The zero-order valence-electron chi connectivity index (χ0n) is 61.2. The quantitative estimate of drug-likeness (QED) is 0.0264. The van der Waals surface area contributed by atoms with Crippen LogP contribution in [0.5, 0.6) is 0 Å². The summed E-state index contributed by atoms with van der Waals surface area (Å²) in [7, 11) is -4.41. The molecule has 0 fully saturated rings. The largest absolute Gasteiger partial charge is 0.472 e. The first-order valence-electron chi connectivity index (χ1n) is 38.2. The Balaban J connectivity index is 3.97. The lowest BCUT2D eigenvalue weighted by atomic mass is 10.0. The molecule has 10 heteroatoms. The molecule has 0 radical (unpaired) electrons. The van der Waals surface area contributed by atoms with Crippen LogP contribution in [0.4, 0.5) is 0 Å². The van der Waals surface area contributed by atoms with Crippen LogP contribution in [0.3, 0.4) is 0 Å². The molecule has 0 saturated heterocycles. The topological polar surface area (TPSA) is 134 Å². The smallest absolute Gasteiger partial charge is 0.462 e. The maximum Gasteiger partial charge on any atom is 0.472 e. The van der Waals surface area contributed by atoms with Crippen LogP contribution in [0.15, 0.2) is 219 Å². The molecule has 3 N–H and O–H groups in total. The second-order valence-electron chi connectivity index (χ2n) is 24.4. The van der Waals surface area contributed by atoms with E-state index in [1.807, 2.05) is 0 Å². The Bertz CT molecular complexity index is 2400. The van der Waals surface area contributed by atoms with Gasteiger partial charge in [0, 0.05) is 19.4 Å². The van der Waals surface area contributed by atoms with Gasteiger partial charge in [0.1, 0.15) is 6.61 Å². The molecule has 0 saturated carbocycles. The van der Waals surface area contributed by atoms with Gasteiger partial charge in [0.2, 0.25) is 0 Å². The van der Waals surface area contributed by atoms with Crippen molar-refractivity contribution in [3.8, 4) is 0 Å². The summed E-state index contributed by atoms with van der Waals surface area (Å²) in [4.78, 5) is 35.4. The number of carbonyl (C=O) groups excluding carboxylic acids is 2. The molecule has 0 aromatic rings. The van der Waals surface area contributed by atoms with Crippen LogP contribution in [-0.4, -0.2) is 49.3 Å². The summed E-state index contributed by atoms with van der Waals surface area (Å²) in [6, 6.07) is 0. The van der Waals surface area contributed by atoms with E-state index in [0.29, 0.717) is 12.8 Å². The summed E-state index contributed by atoms with van der Waals surface area (Å²) in [6.07, 6.45) is 123. The molecule has 0 amide bonds. The zero-order chi connectivity index (χ0) is 70.0. The van der Waals surface area contributed by atoms with E-state index >= 15 is 0 Å². The Labute approximate surface area is 594 Å². The number of phosphoric acid groups is 1. The number of unbranched alkanes of at least 4 members (excludes halogenated alkanes) is 20. The molecule has 0 aliphatic carbocycles. The van der Waals surface area contributed by atoms with E-state index in [2.05, 4.69) is 233 Å². The van der Waals surface area contributed by atoms with Crippen LogP contribution in [0.1, 0.15) is 284 Å². The van der Waals surface area contributed by atoms with Crippen LogP contribution in [0.25, 0.3) is 0 Å². The second kappa shape index (κ2) is 79.3. The average molecular weight is 1360 g/mol. The number of ether oxygens (including phenoxy) is 2. The molecule has 0 aliphatic rings. The number of hydrogen-bond acceptors (Lipinski definition) is 8. The predicted octanol–water partition coefficient (Wildman–Crippen LogP) is 26.0. The van der Waals surface area contributed by atoms with Gasteiger partial charge in [-0.05, 0) is 154 Å². The van der Waals surface area contributed by atoms with Crippen molar-refractivity contribution in [1.82, 2.24) is 0 Å². The predicted molar refractivity (Wildman–Crippen MR) is 421 cm³/mol. The van der Waals surface area contributed by atoms with Gasteiger partial charge in [0.25, 0.3) is 0 Å². The summed E-state index contributed by atoms with van der Waals surface area (Å²) in [5.41, 5.74) is 5.41. The van der Waals surface area contributed by atoms with Crippen molar-refractivity contribution in [1.29, 1.82) is 0 Å². The lowest BCUT2D eigenvalue weighted by Crippen LogP contribution is -2.29. The molecule has 0 spiro atoms. The fourth-order valence-corrected chi connectivity index (χ4v) is 10.6. The van der Waals surface area contributed by atoms with Gasteiger partial charge in [0.15, 0.2) is 6.10 Å². The third-order valence-corrected chi connectivity index (χ3v) is 16.3. The number of rotatable bonds is 69. The van der Waals surface area contributed by atoms with Crippen LogP contribution in [-0.2, 0) is 32.7 Å². The maximum absolute atomic E-state index is 12.8. The SMILES string of the molecule is CC/C=C\C/C=C\C/C=C\C/C=C\C/C=C\C/C=C\C/C=C\C/C=C\C/C=C\CCCCCCCCCCCCCCCC(=O)OC(COC(=O)CCCCCCCCC/C=C\C/C=C\C/C=C\C/C=C\C/C=C\C/C=C\C/C=C\C/C=C\C/C=C\CC)COP(=O)(O)OCCN. The van der Waals surface area contributed by atoms with Gasteiger partial charge in [-0.2, -0.15) is 0 Å². The Kier molecular flexibility index (Phi) is 74.7. The first-order valence-corrected chi connectivity index (χ1v) is 39.7. The van der Waals surface area contributed by atoms with Crippen molar-refractivity contribution in [2.45, 2.75) is 290 Å². The molecule has 0 heterocycles. The lowest BCUT2D eigenvalue weighted by Gasteiger charge is -2.19. The summed E-state index contributed by atoms with van der Waals surface area (Å²) in [5.74, 6) is -0.852. The summed E-state index contributed by atoms with van der Waals surface area (Å²) >= 11 is 0. The highest BCUT2D eigenvalue weighted by atomic mass is 31.2. The van der Waals surface area contributed by atoms with Crippen LogP contribution in [0, 0.1) is 0 Å². The Hall–Kier alpha value is -5.67. The van der Waals surface area contributed by atoms with Crippen molar-refractivity contribution in [3.05, 3.63) is 219 Å². The zero-order valence-corrected chi connectivity index (χ0v) is 62.1. The monoisotopic (exact) mass is 1360 g/mol. The van der Waals surface area contributed by atoms with E-state index in [4.69, 9.17) is 24.3 Å². The van der Waals surface area contributed by atoms with Crippen molar-refractivity contribution in [2.24, 2.45) is 5.73 Å². The number of esters is 2. The van der Waals surface area contributed by atoms with Gasteiger partial charge in [-0.25, -0.2) is 4.57 Å². The molecule has 0 bridgehead atoms. The highest BCUT2D eigenvalue weighted by Gasteiger charge is 2.26. The third-order valence-electron chi connectivity index (χ3n) is 15.4. The van der Waals surface area contributed by atoms with Gasteiger partial charge in [0.05, 0.1) is 13.2 Å². The van der Waals surface area contributed by atoms with Crippen LogP contribution in [0.2, 0.25) is 0 Å². The van der Waals surface area contributed by atoms with Crippen molar-refractivity contribution in [3.63, 3.8) is 0 Å². The molecule has 97 heavy (non-hydrogen) atoms. The van der Waals surface area contributed by atoms with Crippen LogP contribution < -0.4 is 5.73 Å². The fraction of sp³-hybridized carbons (Fsp3) is 0.563. The highest BCUT2D eigenvalue weighted by molar-refractivity contribution is 7.47. The van der Waals surface area contributed by atoms with E-state index in [1.165, 1.54) is 83.5 Å². The Morgan fingerprint density at radius 3 is 0.794 bits per heavy atom. The lowest BCUT2D eigenvalue weighted by molar-refractivity contribution is -0.161. The van der Waals surface area contributed by atoms with E-state index in [-0.39, 0.29) is 32.6 Å². The summed E-state index contributed by atoms with van der Waals surface area (Å²) < 4.78 is 33.2. The minimum atomic E-state index is -4.41. The fourth-order valence-electron chi connectivity index (χ4n) is 9.80. The molecule has 0 aromatic carbocycles. The van der Waals surface area contributed by atoms with Gasteiger partial charge >= 0.3 is 19.8 Å². The van der Waals surface area contributed by atoms with Crippen LogP contribution >= 0.6 is 7.82 Å². The minimum Gasteiger partial charge on any atom is -0.462 e. The van der Waals surface area contributed by atoms with Gasteiger partial charge < -0.3 is 20.1 Å². The molecular weight excluding hydrogens is 1220 g/mol. The van der Waals surface area contributed by atoms with Crippen molar-refractivity contribution in [2.75, 3.05) is 26.4 Å². The van der Waals surface area contributed by atoms with Gasteiger partial charge in [-0.3, -0.25) is 18.6 Å². The van der Waals surface area contributed by atoms with E-state index < -0.39 is 32.5 Å². The molecule has 2 atom stereocenters. The van der Waals surface area contributed by atoms with Gasteiger partial charge in [-0.15, -0.1) is 0 Å². The Morgan fingerprint density at radius 1 is 0.309 bits per heavy atom. The molecule has 544 valence electrons. The first-order chi connectivity index (χ1) is 47.8. The number of carbonyl (C=O) groups is 2. The number of nitrogens with two attached hydrogens (primary N) is 1. The normalized spacial score (nSPS) is 14.1. The summed E-state index contributed by atoms with van der Waals surface area (Å²) in [5, 5.41) is 0. The summed E-state index contributed by atoms with van der Waals surface area (Å²) in [6.45, 7) is 3.49. The maximum atomic E-state index is 12.8. The molecular formula is C87H138NO8P. The Morgan fingerprint density at radius 2 is 0.536 bits per heavy atom. The van der Waals surface area contributed by atoms with E-state index in [0.717, 1.165) is 161 Å². The van der Waals surface area contributed by atoms with E-state index in [1.54, 1.807) is 0 Å². The first kappa shape index (κ1) is 91.3. The second-order valence-corrected chi connectivity index (χ2v) is 25.9. The molecule has 0 rings (SSSR count). The number of phosphoric ester groups is 1. The third kappa shape index (κ3) is 79.2. The molecule has 9 nitrogen and oxygen atoms in total. The molecule has 0 aromatic heterocycles. The number of allylic oxidation sites excluding steroid dienone is 36. The molecule has 2 unspecified atom stereocenters. The van der Waals surface area contributed by atoms with Crippen molar-refractivity contribution >= 4 is 19.8 Å². The van der Waals surface area contributed by atoms with E-state index in [9.17, 15) is 19.0 Å². The average Bonchev–Trinajstić information content (AvgIpc) is 2.57. The number of hydrogen-bond donors (Lipinski definition) is 2. The minimum absolute atomic E-state index is 0.0414. The standard InChI is InChI=1S/C87H138NO8P/c1-3-5-7-9-11-13-15-17-19-21-23-25-27-29-31-33-35-37-39-40-41-42-43-44-46-48-50-52-54-56-58-60-62-64-66-68-70-72-74-76-78-80-87(90)96-85(84-95-97(91,92)94-82-81-88)83-93-86(89)79-77-75-73-71-69-67-65-63-61-59-57-55-53-51-49-47-45-38-36-34-32-30-28-26-24-22-20-18-16-14-12-10-8-6-4-2/h5-8,11-14,17-20,23-26,29-32,35-38,40-41,43-44,47-50,53,55,59,61,85H,3-4,9-10,15-16,21-22,27-28,33-34,39,42,45-46,51-52,54,56-58,60,62-84,88H2,1-2H3,(H,91,92)/b7-5-,8-6-,13-11-,14-12-,19-17-,20-18-,25-23-,26-24-,31-29-,32-30-,37-35-,38-36-,41-40-,44-43-,49-47-,50-48-,55-53-,61-59-. The molecule has 0 aliphatic heterocycles. The highest BCUT2D eigenvalue weighted by Crippen LogP contribution is 2.43.